The maximum absolute atomic E-state index is 6.77. The molecule has 0 saturated heterocycles. The topological polar surface area (TPSA) is 67.6 Å². The highest BCUT2D eigenvalue weighted by Gasteiger charge is 2.29. The van der Waals surface area contributed by atoms with E-state index in [0.717, 1.165) is 84.1 Å². The van der Waals surface area contributed by atoms with Gasteiger partial charge in [-0.2, -0.15) is 0 Å². The average molecular weight is 737 g/mol. The molecular formula is C51H36N4O2. The number of nitrogens with zero attached hydrogens (tertiary/aromatic N) is 2. The quantitative estimate of drug-likeness (QED) is 0.185. The molecule has 4 heterocycles. The van der Waals surface area contributed by atoms with Gasteiger partial charge in [-0.1, -0.05) is 133 Å². The van der Waals surface area contributed by atoms with Crippen LogP contribution in [0.1, 0.15) is 23.7 Å². The zero-order valence-corrected chi connectivity index (χ0v) is 30.9. The number of allylic oxidation sites excluding steroid dienone is 3. The van der Waals surface area contributed by atoms with Crippen LogP contribution in [0.5, 0.6) is 0 Å². The van der Waals surface area contributed by atoms with Crippen molar-refractivity contribution in [2.75, 3.05) is 0 Å². The number of amidine groups is 1. The molecule has 2 N–H and O–H groups in total. The summed E-state index contributed by atoms with van der Waals surface area (Å²) in [6, 6.07) is 53.5. The molecule has 0 radical (unpaired) electrons. The molecule has 1 aliphatic carbocycles. The molecule has 3 atom stereocenters. The summed E-state index contributed by atoms with van der Waals surface area (Å²) in [4.78, 5) is 5.18. The molecule has 12 rings (SSSR count). The smallest absolute Gasteiger partial charge is 0.143 e. The second-order valence-corrected chi connectivity index (χ2v) is 15.1. The van der Waals surface area contributed by atoms with E-state index in [-0.39, 0.29) is 12.3 Å². The summed E-state index contributed by atoms with van der Waals surface area (Å²) in [5, 5.41) is 14.3. The molecular weight excluding hydrogens is 701 g/mol. The first-order chi connectivity index (χ1) is 28.2. The first kappa shape index (κ1) is 32.1. The Balaban J connectivity index is 0.950. The number of rotatable bonds is 5. The number of para-hydroxylation sites is 3. The number of hydrogen-bond acceptors (Lipinski definition) is 5. The maximum Gasteiger partial charge on any atom is 0.143 e. The van der Waals surface area contributed by atoms with E-state index in [1.165, 1.54) is 21.8 Å². The van der Waals surface area contributed by atoms with Crippen molar-refractivity contribution in [3.8, 4) is 16.8 Å². The number of fused-ring (bicyclic) bond motifs is 9. The molecule has 0 saturated carbocycles. The van der Waals surface area contributed by atoms with Crippen LogP contribution in [0.15, 0.2) is 190 Å². The van der Waals surface area contributed by atoms with Gasteiger partial charge in [-0.15, -0.1) is 0 Å². The van der Waals surface area contributed by atoms with Crippen LogP contribution in [0.4, 0.5) is 0 Å². The lowest BCUT2D eigenvalue weighted by Crippen LogP contribution is -2.54. The third-order valence-electron chi connectivity index (χ3n) is 11.8. The van der Waals surface area contributed by atoms with Crippen molar-refractivity contribution in [2.45, 2.75) is 18.8 Å². The number of aliphatic imine (C=N–C) groups is 1. The summed E-state index contributed by atoms with van der Waals surface area (Å²) >= 11 is 0. The van der Waals surface area contributed by atoms with Gasteiger partial charge in [0.2, 0.25) is 0 Å². The fraction of sp³-hybridized carbons (Fsp3) is 0.0784. The molecule has 10 aromatic rings. The lowest BCUT2D eigenvalue weighted by Gasteiger charge is -2.35. The van der Waals surface area contributed by atoms with Gasteiger partial charge in [0.15, 0.2) is 0 Å². The highest BCUT2D eigenvalue weighted by Crippen LogP contribution is 2.42. The molecule has 3 unspecified atom stereocenters. The number of furan rings is 2. The monoisotopic (exact) mass is 736 g/mol. The Morgan fingerprint density at radius 1 is 0.579 bits per heavy atom. The Hall–Kier alpha value is -7.15. The Bertz CT molecular complexity index is 3250. The Morgan fingerprint density at radius 2 is 1.32 bits per heavy atom. The second-order valence-electron chi connectivity index (χ2n) is 15.1. The second kappa shape index (κ2) is 12.7. The Morgan fingerprint density at radius 3 is 2.12 bits per heavy atom. The van der Waals surface area contributed by atoms with Gasteiger partial charge in [0.1, 0.15) is 34.3 Å². The molecule has 3 aromatic heterocycles. The van der Waals surface area contributed by atoms with Crippen molar-refractivity contribution in [3.63, 3.8) is 0 Å². The summed E-state index contributed by atoms with van der Waals surface area (Å²) in [6.45, 7) is 0. The minimum absolute atomic E-state index is 0.0249. The molecule has 0 amide bonds. The number of benzene rings is 7. The maximum atomic E-state index is 6.77. The van der Waals surface area contributed by atoms with Crippen molar-refractivity contribution < 1.29 is 8.83 Å². The van der Waals surface area contributed by atoms with Crippen molar-refractivity contribution in [1.82, 2.24) is 15.2 Å². The van der Waals surface area contributed by atoms with Crippen LogP contribution in [0.25, 0.3) is 82.5 Å². The Labute approximate surface area is 328 Å². The molecule has 0 spiro atoms. The molecule has 6 heteroatoms. The SMILES string of the molecule is C1=CCC(C2NC(c3ccccc3)=NC(c3ccc4c(c3)oc3cc(-c5cccc6c5oc5cccc(-n7c8ccccc8c8ccccc87)c56)ccc34)N2)C=C1. The fourth-order valence-corrected chi connectivity index (χ4v) is 9.12. The van der Waals surface area contributed by atoms with Crippen LogP contribution in [-0.4, -0.2) is 16.6 Å². The van der Waals surface area contributed by atoms with Crippen LogP contribution in [-0.2, 0) is 0 Å². The van der Waals surface area contributed by atoms with E-state index >= 15 is 0 Å². The molecule has 2 aliphatic rings. The first-order valence-corrected chi connectivity index (χ1v) is 19.6. The van der Waals surface area contributed by atoms with E-state index < -0.39 is 0 Å². The largest absolute Gasteiger partial charge is 0.456 e. The van der Waals surface area contributed by atoms with Gasteiger partial charge < -0.3 is 18.7 Å². The van der Waals surface area contributed by atoms with Gasteiger partial charge in [0.05, 0.1) is 28.3 Å². The van der Waals surface area contributed by atoms with Crippen molar-refractivity contribution in [2.24, 2.45) is 10.9 Å². The summed E-state index contributed by atoms with van der Waals surface area (Å²) in [5.41, 5.74) is 11.0. The predicted molar refractivity (Wildman–Crippen MR) is 233 cm³/mol. The normalized spacial score (nSPS) is 18.3. The van der Waals surface area contributed by atoms with Crippen LogP contribution < -0.4 is 10.6 Å². The lowest BCUT2D eigenvalue weighted by molar-refractivity contribution is 0.328. The van der Waals surface area contributed by atoms with Crippen LogP contribution in [0, 0.1) is 5.92 Å². The van der Waals surface area contributed by atoms with Gasteiger partial charge in [0, 0.05) is 44.0 Å². The van der Waals surface area contributed by atoms with Crippen molar-refractivity contribution in [3.05, 3.63) is 187 Å². The lowest BCUT2D eigenvalue weighted by atomic mass is 9.95. The van der Waals surface area contributed by atoms with Gasteiger partial charge in [0.25, 0.3) is 0 Å². The zero-order chi connectivity index (χ0) is 37.5. The van der Waals surface area contributed by atoms with Gasteiger partial charge in [-0.25, -0.2) is 4.99 Å². The number of aromatic nitrogens is 1. The third kappa shape index (κ3) is 5.11. The van der Waals surface area contributed by atoms with Crippen LogP contribution >= 0.6 is 0 Å². The van der Waals surface area contributed by atoms with E-state index in [4.69, 9.17) is 13.8 Å². The van der Waals surface area contributed by atoms with E-state index in [0.29, 0.717) is 5.92 Å². The zero-order valence-electron chi connectivity index (χ0n) is 30.9. The van der Waals surface area contributed by atoms with Gasteiger partial charge in [-0.05, 0) is 60.0 Å². The van der Waals surface area contributed by atoms with Crippen LogP contribution in [0.3, 0.4) is 0 Å². The molecule has 1 aliphatic heterocycles. The standard InChI is InChI=1S/C51H36N4O2/c1-3-13-31(14-4-1)49-52-50(32-15-5-2-6-16-32)54-51(53-49)34-26-28-39-38-27-25-33(29-45(38)56-46(39)30-34)35-19-11-20-40-47-43(23-12-24-44(47)57-48(35)40)55-41-21-9-7-17-36(41)37-18-8-10-22-42(37)55/h1-15,17-30,32,50-51,54H,16H2,(H,52,53). The van der Waals surface area contributed by atoms with E-state index in [9.17, 15) is 0 Å². The molecule has 7 aromatic carbocycles. The minimum atomic E-state index is -0.239. The Kier molecular flexibility index (Phi) is 7.16. The number of nitrogens with one attached hydrogen (secondary N) is 2. The highest BCUT2D eigenvalue weighted by atomic mass is 16.3. The van der Waals surface area contributed by atoms with Crippen molar-refractivity contribution >= 4 is 71.5 Å². The van der Waals surface area contributed by atoms with E-state index in [2.05, 4.69) is 185 Å². The van der Waals surface area contributed by atoms with Gasteiger partial charge >= 0.3 is 0 Å². The number of hydrogen-bond donors (Lipinski definition) is 2. The van der Waals surface area contributed by atoms with Crippen LogP contribution in [0.2, 0.25) is 0 Å². The van der Waals surface area contributed by atoms with E-state index in [1.807, 2.05) is 6.07 Å². The average Bonchev–Trinajstić information content (AvgIpc) is 3.96. The fourth-order valence-electron chi connectivity index (χ4n) is 9.12. The first-order valence-electron chi connectivity index (χ1n) is 19.6. The van der Waals surface area contributed by atoms with Crippen molar-refractivity contribution in [1.29, 1.82) is 0 Å². The molecule has 0 bridgehead atoms. The third-order valence-corrected chi connectivity index (χ3v) is 11.8. The summed E-state index contributed by atoms with van der Waals surface area (Å²) in [7, 11) is 0. The van der Waals surface area contributed by atoms with E-state index in [1.54, 1.807) is 0 Å². The molecule has 6 nitrogen and oxygen atoms in total. The predicted octanol–water partition coefficient (Wildman–Crippen LogP) is 12.3. The summed E-state index contributed by atoms with van der Waals surface area (Å²) in [6.07, 6.45) is 9.50. The molecule has 57 heavy (non-hydrogen) atoms. The summed E-state index contributed by atoms with van der Waals surface area (Å²) in [5.74, 6) is 1.19. The molecule has 272 valence electrons. The van der Waals surface area contributed by atoms with Gasteiger partial charge in [-0.3, -0.25) is 5.32 Å². The minimum Gasteiger partial charge on any atom is -0.456 e. The highest BCUT2D eigenvalue weighted by molar-refractivity contribution is 6.16. The molecule has 0 fully saturated rings. The summed E-state index contributed by atoms with van der Waals surface area (Å²) < 4.78 is 15.8.